The number of carbonyl (C=O) groups excluding carboxylic acids is 1. The molecule has 138 valence electrons. The average Bonchev–Trinajstić information content (AvgIpc) is 3.16. The molecule has 1 amide bonds. The number of nitrogens with one attached hydrogen (secondary N) is 1. The van der Waals surface area contributed by atoms with E-state index in [1.165, 1.54) is 0 Å². The molecule has 0 aliphatic carbocycles. The summed E-state index contributed by atoms with van der Waals surface area (Å²) in [5.74, 6) is 1.29. The van der Waals surface area contributed by atoms with Crippen LogP contribution >= 0.6 is 0 Å². The fourth-order valence-corrected chi connectivity index (χ4v) is 2.78. The van der Waals surface area contributed by atoms with Gasteiger partial charge >= 0.3 is 0 Å². The predicted molar refractivity (Wildman–Crippen MR) is 101 cm³/mol. The molecule has 0 saturated carbocycles. The van der Waals surface area contributed by atoms with Crippen LogP contribution in [-0.4, -0.2) is 31.3 Å². The second-order valence-electron chi connectivity index (χ2n) is 6.49. The van der Waals surface area contributed by atoms with Crippen molar-refractivity contribution in [3.8, 4) is 11.5 Å². The van der Waals surface area contributed by atoms with Crippen LogP contribution in [0.15, 0.2) is 48.5 Å². The van der Waals surface area contributed by atoms with Crippen molar-refractivity contribution in [2.75, 3.05) is 18.5 Å². The summed E-state index contributed by atoms with van der Waals surface area (Å²) < 4.78 is 17.0. The Morgan fingerprint density at radius 3 is 2.69 bits per heavy atom. The van der Waals surface area contributed by atoms with Gasteiger partial charge in [0.05, 0.1) is 6.10 Å². The van der Waals surface area contributed by atoms with Crippen molar-refractivity contribution in [3.05, 3.63) is 54.1 Å². The molecule has 1 saturated heterocycles. The number of hydrogen-bond donors (Lipinski definition) is 1. The predicted octanol–water partition coefficient (Wildman–Crippen LogP) is 3.96. The third kappa shape index (κ3) is 4.99. The summed E-state index contributed by atoms with van der Waals surface area (Å²) in [6.07, 6.45) is 1.75. The molecular weight excluding hydrogens is 330 g/mol. The minimum Gasteiger partial charge on any atom is -0.491 e. The number of benzene rings is 2. The first kappa shape index (κ1) is 18.3. The Bertz CT molecular complexity index is 723. The monoisotopic (exact) mass is 355 g/mol. The van der Waals surface area contributed by atoms with E-state index in [9.17, 15) is 4.79 Å². The minimum absolute atomic E-state index is 0.189. The maximum absolute atomic E-state index is 12.3. The molecule has 1 N–H and O–H groups in total. The summed E-state index contributed by atoms with van der Waals surface area (Å²) in [5.41, 5.74) is 1.71. The Kier molecular flexibility index (Phi) is 6.12. The van der Waals surface area contributed by atoms with E-state index in [-0.39, 0.29) is 12.0 Å². The molecule has 1 aliphatic heterocycles. The van der Waals surface area contributed by atoms with E-state index in [0.717, 1.165) is 30.8 Å². The van der Waals surface area contributed by atoms with Crippen molar-refractivity contribution in [1.82, 2.24) is 0 Å². The van der Waals surface area contributed by atoms with Gasteiger partial charge in [0, 0.05) is 12.3 Å². The van der Waals surface area contributed by atoms with Gasteiger partial charge in [-0.25, -0.2) is 0 Å². The Morgan fingerprint density at radius 1 is 1.23 bits per heavy atom. The molecule has 0 aromatic heterocycles. The molecule has 3 rings (SSSR count). The zero-order chi connectivity index (χ0) is 18.4. The second kappa shape index (κ2) is 8.72. The van der Waals surface area contributed by atoms with Crippen LogP contribution in [0.1, 0.15) is 25.3 Å². The van der Waals surface area contributed by atoms with E-state index in [1.807, 2.05) is 55.5 Å². The summed E-state index contributed by atoms with van der Waals surface area (Å²) in [7, 11) is 0. The second-order valence-corrected chi connectivity index (χ2v) is 6.49. The van der Waals surface area contributed by atoms with Crippen LogP contribution in [0, 0.1) is 6.92 Å². The first-order valence-electron chi connectivity index (χ1n) is 8.99. The molecule has 0 radical (unpaired) electrons. The molecule has 2 aromatic carbocycles. The molecule has 5 nitrogen and oxygen atoms in total. The van der Waals surface area contributed by atoms with Crippen LogP contribution in [-0.2, 0) is 9.53 Å². The first-order chi connectivity index (χ1) is 12.6. The highest BCUT2D eigenvalue weighted by Crippen LogP contribution is 2.20. The number of hydrogen-bond acceptors (Lipinski definition) is 4. The van der Waals surface area contributed by atoms with E-state index in [4.69, 9.17) is 14.2 Å². The molecule has 0 bridgehead atoms. The molecule has 0 spiro atoms. The van der Waals surface area contributed by atoms with Crippen LogP contribution in [0.4, 0.5) is 5.69 Å². The summed E-state index contributed by atoms with van der Waals surface area (Å²) in [4.78, 5) is 12.3. The zero-order valence-electron chi connectivity index (χ0n) is 15.2. The Labute approximate surface area is 154 Å². The maximum Gasteiger partial charge on any atom is 0.265 e. The standard InChI is InChI=1S/C21H25NO4/c1-15-6-3-4-8-20(15)26-16(2)21(23)22-17-9-11-18(12-10-17)25-14-19-7-5-13-24-19/h3-4,6,8-12,16,19H,5,7,13-14H2,1-2H3,(H,22,23). The number of anilines is 1. The quantitative estimate of drug-likeness (QED) is 0.817. The van der Waals surface area contributed by atoms with Crippen LogP contribution in [0.25, 0.3) is 0 Å². The Morgan fingerprint density at radius 2 is 2.00 bits per heavy atom. The van der Waals surface area contributed by atoms with Crippen molar-refractivity contribution in [2.45, 2.75) is 38.9 Å². The molecule has 1 fully saturated rings. The lowest BCUT2D eigenvalue weighted by atomic mass is 10.2. The topological polar surface area (TPSA) is 56.8 Å². The van der Waals surface area contributed by atoms with E-state index in [2.05, 4.69) is 5.32 Å². The first-order valence-corrected chi connectivity index (χ1v) is 8.99. The average molecular weight is 355 g/mol. The fourth-order valence-electron chi connectivity index (χ4n) is 2.78. The lowest BCUT2D eigenvalue weighted by Gasteiger charge is -2.16. The van der Waals surface area contributed by atoms with E-state index in [1.54, 1.807) is 6.92 Å². The molecule has 2 unspecified atom stereocenters. The summed E-state index contributed by atoms with van der Waals surface area (Å²) in [5, 5.41) is 2.86. The van der Waals surface area contributed by atoms with Crippen molar-refractivity contribution >= 4 is 11.6 Å². The fraction of sp³-hybridized carbons (Fsp3) is 0.381. The summed E-state index contributed by atoms with van der Waals surface area (Å²) >= 11 is 0. The maximum atomic E-state index is 12.3. The van der Waals surface area contributed by atoms with Crippen molar-refractivity contribution < 1.29 is 19.0 Å². The Hall–Kier alpha value is -2.53. The van der Waals surface area contributed by atoms with Gasteiger partial charge in [-0.05, 0) is 62.6 Å². The normalized spacial score (nSPS) is 17.5. The van der Waals surface area contributed by atoms with Gasteiger partial charge in [0.1, 0.15) is 18.1 Å². The zero-order valence-corrected chi connectivity index (χ0v) is 15.2. The largest absolute Gasteiger partial charge is 0.491 e. The van der Waals surface area contributed by atoms with E-state index in [0.29, 0.717) is 18.0 Å². The molecule has 2 aromatic rings. The van der Waals surface area contributed by atoms with Crippen LogP contribution in [0.3, 0.4) is 0 Å². The number of rotatable bonds is 7. The minimum atomic E-state index is -0.591. The SMILES string of the molecule is Cc1ccccc1OC(C)C(=O)Nc1ccc(OCC2CCCO2)cc1. The third-order valence-electron chi connectivity index (χ3n) is 4.35. The van der Waals surface area contributed by atoms with Gasteiger partial charge in [0.2, 0.25) is 0 Å². The van der Waals surface area contributed by atoms with E-state index < -0.39 is 6.10 Å². The smallest absolute Gasteiger partial charge is 0.265 e. The van der Waals surface area contributed by atoms with Crippen molar-refractivity contribution in [1.29, 1.82) is 0 Å². The van der Waals surface area contributed by atoms with Crippen molar-refractivity contribution in [2.24, 2.45) is 0 Å². The van der Waals surface area contributed by atoms with Gasteiger partial charge in [-0.15, -0.1) is 0 Å². The van der Waals surface area contributed by atoms with Gasteiger partial charge in [0.25, 0.3) is 5.91 Å². The molecule has 26 heavy (non-hydrogen) atoms. The number of carbonyl (C=O) groups is 1. The number of aryl methyl sites for hydroxylation is 1. The number of para-hydroxylation sites is 1. The highest BCUT2D eigenvalue weighted by Gasteiger charge is 2.17. The highest BCUT2D eigenvalue weighted by molar-refractivity contribution is 5.94. The van der Waals surface area contributed by atoms with Gasteiger partial charge in [-0.2, -0.15) is 0 Å². The molecule has 1 heterocycles. The third-order valence-corrected chi connectivity index (χ3v) is 4.35. The molecule has 2 atom stereocenters. The molecular formula is C21H25NO4. The van der Waals surface area contributed by atoms with Gasteiger partial charge in [-0.3, -0.25) is 4.79 Å². The lowest BCUT2D eigenvalue weighted by Crippen LogP contribution is -2.30. The Balaban J connectivity index is 1.49. The number of amides is 1. The molecule has 1 aliphatic rings. The molecule has 5 heteroatoms. The number of ether oxygens (including phenoxy) is 3. The van der Waals surface area contributed by atoms with E-state index >= 15 is 0 Å². The van der Waals surface area contributed by atoms with Crippen LogP contribution in [0.5, 0.6) is 11.5 Å². The summed E-state index contributed by atoms with van der Waals surface area (Å²) in [6.45, 7) is 5.07. The van der Waals surface area contributed by atoms with Gasteiger partial charge in [-0.1, -0.05) is 18.2 Å². The van der Waals surface area contributed by atoms with Crippen molar-refractivity contribution in [3.63, 3.8) is 0 Å². The van der Waals surface area contributed by atoms with Crippen LogP contribution in [0.2, 0.25) is 0 Å². The highest BCUT2D eigenvalue weighted by atomic mass is 16.5. The van der Waals surface area contributed by atoms with Gasteiger partial charge < -0.3 is 19.5 Å². The summed E-state index contributed by atoms with van der Waals surface area (Å²) in [6, 6.07) is 15.0. The lowest BCUT2D eigenvalue weighted by molar-refractivity contribution is -0.122. The van der Waals surface area contributed by atoms with Gasteiger partial charge in [0.15, 0.2) is 6.10 Å². The van der Waals surface area contributed by atoms with Crippen LogP contribution < -0.4 is 14.8 Å².